The molecule has 2 saturated carbocycles. The van der Waals surface area contributed by atoms with E-state index >= 15 is 0 Å². The smallest absolute Gasteiger partial charge is 0.336 e. The van der Waals surface area contributed by atoms with Gasteiger partial charge in [-0.25, -0.2) is 22.0 Å². The van der Waals surface area contributed by atoms with Gasteiger partial charge in [-0.3, -0.25) is 4.79 Å². The molecule has 4 atom stereocenters. The normalized spacial score (nSPS) is 26.7. The van der Waals surface area contributed by atoms with E-state index in [-0.39, 0.29) is 34.0 Å². The van der Waals surface area contributed by atoms with Crippen LogP contribution in [0, 0.1) is 23.5 Å². The molecule has 0 heterocycles. The minimum atomic E-state index is -4.06. The van der Waals surface area contributed by atoms with E-state index in [2.05, 4.69) is 5.32 Å². The Kier molecular flexibility index (Phi) is 5.96. The molecule has 11 heteroatoms. The number of carbonyl (C=O) groups is 2. The van der Waals surface area contributed by atoms with Crippen molar-refractivity contribution in [2.75, 3.05) is 5.32 Å². The predicted molar refractivity (Wildman–Crippen MR) is 115 cm³/mol. The first-order valence-corrected chi connectivity index (χ1v) is 12.1. The number of rotatable bonds is 5. The summed E-state index contributed by atoms with van der Waals surface area (Å²) in [5.74, 6) is -5.73. The standard InChI is InChI=1S/C22H20ClF2NO6S/c23-16-5-1-11(20(27)26-14-4-6-17(24)18(25)10-14)7-19(16)33(31,32)15-8-12-2-3-13(9-15)22(12,30)21(28)29/h1,4-7,10,12-13,15,30H,2-3,8-9H2,(H,26,27)(H,28,29)/t12-,13?,15?,22?/m0/s1. The van der Waals surface area contributed by atoms with Crippen molar-refractivity contribution < 1.29 is 37.0 Å². The largest absolute Gasteiger partial charge is 0.479 e. The first-order valence-electron chi connectivity index (χ1n) is 10.2. The maximum atomic E-state index is 13.4. The van der Waals surface area contributed by atoms with Crippen molar-refractivity contribution >= 4 is 39.0 Å². The molecule has 0 aliphatic heterocycles. The Balaban J connectivity index is 1.60. The lowest BCUT2D eigenvalue weighted by molar-refractivity contribution is -0.171. The molecule has 2 aromatic carbocycles. The number of carboxylic acid groups (broad SMARTS) is 1. The van der Waals surface area contributed by atoms with Gasteiger partial charge in [-0.05, 0) is 56.0 Å². The van der Waals surface area contributed by atoms with Crippen LogP contribution in [0.25, 0.3) is 0 Å². The predicted octanol–water partition coefficient (Wildman–Crippen LogP) is 3.65. The Labute approximate surface area is 193 Å². The molecule has 0 radical (unpaired) electrons. The molecule has 2 aliphatic carbocycles. The van der Waals surface area contributed by atoms with E-state index in [1.165, 1.54) is 12.1 Å². The average molecular weight is 500 g/mol. The van der Waals surface area contributed by atoms with E-state index in [0.717, 1.165) is 24.3 Å². The van der Waals surface area contributed by atoms with Crippen LogP contribution in [0.15, 0.2) is 41.3 Å². The Morgan fingerprint density at radius 1 is 1.03 bits per heavy atom. The van der Waals surface area contributed by atoms with E-state index in [1.807, 2.05) is 0 Å². The highest BCUT2D eigenvalue weighted by atomic mass is 35.5. The molecule has 176 valence electrons. The van der Waals surface area contributed by atoms with Crippen LogP contribution >= 0.6 is 11.6 Å². The lowest BCUT2D eigenvalue weighted by Crippen LogP contribution is -2.53. The summed E-state index contributed by atoms with van der Waals surface area (Å²) in [5.41, 5.74) is -2.03. The van der Waals surface area contributed by atoms with E-state index in [9.17, 15) is 37.0 Å². The van der Waals surface area contributed by atoms with Crippen molar-refractivity contribution in [2.24, 2.45) is 11.8 Å². The molecule has 2 aromatic rings. The number of hydrogen-bond donors (Lipinski definition) is 3. The van der Waals surface area contributed by atoms with Crippen LogP contribution in [0.4, 0.5) is 14.5 Å². The summed E-state index contributed by atoms with van der Waals surface area (Å²) in [5, 5.41) is 21.4. The van der Waals surface area contributed by atoms with E-state index < -0.39 is 56.0 Å². The van der Waals surface area contributed by atoms with Gasteiger partial charge < -0.3 is 15.5 Å². The maximum absolute atomic E-state index is 13.4. The summed E-state index contributed by atoms with van der Waals surface area (Å²) in [6.07, 6.45) is 0.736. The molecule has 2 aliphatic rings. The van der Waals surface area contributed by atoms with Crippen LogP contribution in [-0.2, 0) is 14.6 Å². The SMILES string of the molecule is O=C(Nc1ccc(F)c(F)c1)c1ccc(Cl)c(S(=O)(=O)C2CC3CC[C@@H](C2)C3(O)C(=O)O)c1. The first-order chi connectivity index (χ1) is 15.4. The van der Waals surface area contributed by atoms with Gasteiger partial charge in [0.15, 0.2) is 27.1 Å². The quantitative estimate of drug-likeness (QED) is 0.577. The van der Waals surface area contributed by atoms with Crippen molar-refractivity contribution in [3.63, 3.8) is 0 Å². The summed E-state index contributed by atoms with van der Waals surface area (Å²) in [7, 11) is -4.06. The molecule has 0 aromatic heterocycles. The van der Waals surface area contributed by atoms with Gasteiger partial charge in [0.1, 0.15) is 0 Å². The number of aliphatic carboxylic acids is 1. The zero-order valence-corrected chi connectivity index (χ0v) is 18.7. The molecule has 1 amide bonds. The highest BCUT2D eigenvalue weighted by Crippen LogP contribution is 2.52. The second kappa shape index (κ2) is 8.34. The second-order valence-corrected chi connectivity index (χ2v) is 11.1. The fraction of sp³-hybridized carbons (Fsp3) is 0.364. The molecule has 3 N–H and O–H groups in total. The molecule has 2 bridgehead atoms. The Hall–Kier alpha value is -2.56. The van der Waals surface area contributed by atoms with E-state index in [0.29, 0.717) is 12.8 Å². The van der Waals surface area contributed by atoms with Gasteiger partial charge in [-0.2, -0.15) is 0 Å². The lowest BCUT2D eigenvalue weighted by Gasteiger charge is -2.39. The van der Waals surface area contributed by atoms with Crippen LogP contribution in [0.1, 0.15) is 36.0 Å². The van der Waals surface area contributed by atoms with E-state index in [1.54, 1.807) is 0 Å². The van der Waals surface area contributed by atoms with Crippen molar-refractivity contribution in [1.29, 1.82) is 0 Å². The number of sulfone groups is 1. The number of hydrogen-bond acceptors (Lipinski definition) is 5. The highest BCUT2D eigenvalue weighted by molar-refractivity contribution is 7.92. The number of carboxylic acids is 1. The summed E-state index contributed by atoms with van der Waals surface area (Å²) in [6.45, 7) is 0. The van der Waals surface area contributed by atoms with Gasteiger partial charge in [0.25, 0.3) is 5.91 Å². The highest BCUT2D eigenvalue weighted by Gasteiger charge is 2.60. The minimum absolute atomic E-state index is 0.0185. The van der Waals surface area contributed by atoms with Crippen molar-refractivity contribution in [1.82, 2.24) is 0 Å². The van der Waals surface area contributed by atoms with Crippen molar-refractivity contribution in [3.8, 4) is 0 Å². The molecular weight excluding hydrogens is 480 g/mol. The van der Waals surface area contributed by atoms with Crippen LogP contribution in [-0.4, -0.2) is 41.4 Å². The molecule has 7 nitrogen and oxygen atoms in total. The summed E-state index contributed by atoms with van der Waals surface area (Å²) in [4.78, 5) is 23.9. The molecule has 0 saturated heterocycles. The van der Waals surface area contributed by atoms with Crippen LogP contribution in [0.3, 0.4) is 0 Å². The van der Waals surface area contributed by atoms with Gasteiger partial charge in [0.05, 0.1) is 15.2 Å². The Morgan fingerprint density at radius 2 is 1.67 bits per heavy atom. The third-order valence-corrected chi connectivity index (χ3v) is 9.32. The number of fused-ring (bicyclic) bond motifs is 2. The summed E-state index contributed by atoms with van der Waals surface area (Å²) >= 11 is 6.15. The number of aliphatic hydroxyl groups is 1. The zero-order chi connectivity index (χ0) is 24.1. The number of nitrogens with one attached hydrogen (secondary N) is 1. The lowest BCUT2D eigenvalue weighted by atomic mass is 9.74. The maximum Gasteiger partial charge on any atom is 0.336 e. The molecule has 4 rings (SSSR count). The van der Waals surface area contributed by atoms with Gasteiger partial charge in [-0.1, -0.05) is 11.6 Å². The van der Waals surface area contributed by atoms with Crippen molar-refractivity contribution in [3.05, 3.63) is 58.6 Å². The Morgan fingerprint density at radius 3 is 2.24 bits per heavy atom. The van der Waals surface area contributed by atoms with Crippen LogP contribution in [0.2, 0.25) is 5.02 Å². The van der Waals surface area contributed by atoms with Crippen LogP contribution < -0.4 is 5.32 Å². The number of anilines is 1. The number of halogens is 3. The number of benzene rings is 2. The molecule has 3 unspecified atom stereocenters. The molecule has 0 spiro atoms. The Bertz CT molecular complexity index is 1240. The van der Waals surface area contributed by atoms with Gasteiger partial charge in [0.2, 0.25) is 0 Å². The summed E-state index contributed by atoms with van der Waals surface area (Å²) in [6, 6.07) is 6.45. The molecule has 2 fully saturated rings. The minimum Gasteiger partial charge on any atom is -0.479 e. The second-order valence-electron chi connectivity index (χ2n) is 8.47. The van der Waals surface area contributed by atoms with Crippen molar-refractivity contribution in [2.45, 2.75) is 41.4 Å². The third-order valence-electron chi connectivity index (χ3n) is 6.66. The van der Waals surface area contributed by atoms with Gasteiger partial charge in [-0.15, -0.1) is 0 Å². The molecular formula is C22H20ClF2NO6S. The zero-order valence-electron chi connectivity index (χ0n) is 17.1. The number of amides is 1. The van der Waals surface area contributed by atoms with Gasteiger partial charge in [0, 0.05) is 29.2 Å². The van der Waals surface area contributed by atoms with E-state index in [4.69, 9.17) is 11.6 Å². The average Bonchev–Trinajstić information content (AvgIpc) is 2.93. The van der Waals surface area contributed by atoms with Crippen LogP contribution in [0.5, 0.6) is 0 Å². The topological polar surface area (TPSA) is 121 Å². The number of carbonyl (C=O) groups excluding carboxylic acids is 1. The molecule has 33 heavy (non-hydrogen) atoms. The fourth-order valence-corrected chi connectivity index (χ4v) is 7.33. The fourth-order valence-electron chi connectivity index (χ4n) is 4.92. The summed E-state index contributed by atoms with van der Waals surface area (Å²) < 4.78 is 53.3. The first kappa shape index (κ1) is 23.6. The monoisotopic (exact) mass is 499 g/mol. The van der Waals surface area contributed by atoms with Gasteiger partial charge >= 0.3 is 5.97 Å². The third kappa shape index (κ3) is 4.00.